The van der Waals surface area contributed by atoms with Gasteiger partial charge in [0.1, 0.15) is 0 Å². The zero-order valence-electron chi connectivity index (χ0n) is 8.31. The number of hydrogen-bond acceptors (Lipinski definition) is 1. The van der Waals surface area contributed by atoms with Crippen molar-refractivity contribution in [2.45, 2.75) is 0 Å². The Bertz CT molecular complexity index is 532. The Morgan fingerprint density at radius 3 is 2.07 bits per heavy atom. The lowest BCUT2D eigenvalue weighted by Crippen LogP contribution is -2.18. The standard InChI is InChI=1S/C14H12O/c1-11-7-9-13(10-8-11)14(15)12-5-3-2-4-6-12/h2-10,15H,1H2/p-1. The molecule has 0 heterocycles. The first kappa shape index (κ1) is 9.53. The van der Waals surface area contributed by atoms with Crippen molar-refractivity contribution in [2.75, 3.05) is 0 Å². The monoisotopic (exact) mass is 195 g/mol. The van der Waals surface area contributed by atoms with Crippen LogP contribution in [-0.4, -0.2) is 0 Å². The fourth-order valence-electron chi connectivity index (χ4n) is 1.41. The van der Waals surface area contributed by atoms with Crippen LogP contribution in [0.3, 0.4) is 0 Å². The van der Waals surface area contributed by atoms with Crippen molar-refractivity contribution in [1.29, 1.82) is 0 Å². The summed E-state index contributed by atoms with van der Waals surface area (Å²) in [5, 5.41) is 13.6. The first-order valence-electron chi connectivity index (χ1n) is 4.79. The summed E-state index contributed by atoms with van der Waals surface area (Å²) in [6, 6.07) is 16.6. The Morgan fingerprint density at radius 1 is 0.867 bits per heavy atom. The van der Waals surface area contributed by atoms with E-state index in [2.05, 4.69) is 6.58 Å². The van der Waals surface area contributed by atoms with Gasteiger partial charge in [0, 0.05) is 0 Å². The summed E-state index contributed by atoms with van der Waals surface area (Å²) in [4.78, 5) is 0. The average molecular weight is 195 g/mol. The van der Waals surface area contributed by atoms with E-state index in [9.17, 15) is 5.11 Å². The third kappa shape index (κ3) is 2.08. The molecule has 0 aliphatic rings. The highest BCUT2D eigenvalue weighted by Gasteiger charge is 1.88. The Labute approximate surface area is 88.6 Å². The highest BCUT2D eigenvalue weighted by Crippen LogP contribution is 2.03. The predicted molar refractivity (Wildman–Crippen MR) is 60.2 cm³/mol. The van der Waals surface area contributed by atoms with Crippen molar-refractivity contribution < 1.29 is 5.11 Å². The molecule has 2 aromatic carbocycles. The van der Waals surface area contributed by atoms with E-state index in [1.807, 2.05) is 42.5 Å². The summed E-state index contributed by atoms with van der Waals surface area (Å²) < 4.78 is 0. The van der Waals surface area contributed by atoms with Crippen LogP contribution in [0.4, 0.5) is 0 Å². The highest BCUT2D eigenvalue weighted by molar-refractivity contribution is 5.56. The van der Waals surface area contributed by atoms with Crippen LogP contribution in [0.25, 0.3) is 12.3 Å². The van der Waals surface area contributed by atoms with Crippen LogP contribution in [0.2, 0.25) is 0 Å². The molecule has 0 aliphatic carbocycles. The molecule has 0 radical (unpaired) electrons. The Balaban J connectivity index is 2.60. The van der Waals surface area contributed by atoms with Crippen LogP contribution < -0.4 is 15.5 Å². The highest BCUT2D eigenvalue weighted by atomic mass is 16.3. The fourth-order valence-corrected chi connectivity index (χ4v) is 1.41. The molecule has 0 aliphatic heterocycles. The molecule has 0 fully saturated rings. The lowest BCUT2D eigenvalue weighted by molar-refractivity contribution is -0.245. The van der Waals surface area contributed by atoms with E-state index < -0.39 is 0 Å². The normalized spacial score (nSPS) is 9.87. The first-order chi connectivity index (χ1) is 7.27. The SMILES string of the molecule is C=c1ccc(=C([O-])c2ccccc2)cc1. The van der Waals surface area contributed by atoms with Crippen LogP contribution in [-0.2, 0) is 0 Å². The van der Waals surface area contributed by atoms with Crippen molar-refractivity contribution in [3.8, 4) is 0 Å². The van der Waals surface area contributed by atoms with E-state index >= 15 is 0 Å². The fraction of sp³-hybridized carbons (Fsp3) is 0. The van der Waals surface area contributed by atoms with Crippen LogP contribution in [0.5, 0.6) is 0 Å². The molecular weight excluding hydrogens is 184 g/mol. The molecule has 15 heavy (non-hydrogen) atoms. The molecule has 0 saturated heterocycles. The molecule has 0 bridgehead atoms. The minimum absolute atomic E-state index is 0.0515. The largest absolute Gasteiger partial charge is 0.872 e. The van der Waals surface area contributed by atoms with Gasteiger partial charge in [-0.25, -0.2) is 0 Å². The second-order valence-corrected chi connectivity index (χ2v) is 3.39. The maximum atomic E-state index is 11.9. The third-order valence-electron chi connectivity index (χ3n) is 2.25. The van der Waals surface area contributed by atoms with Crippen molar-refractivity contribution in [1.82, 2.24) is 0 Å². The van der Waals surface area contributed by atoms with Crippen LogP contribution in [0.15, 0.2) is 54.6 Å². The second kappa shape index (κ2) is 4.01. The smallest absolute Gasteiger partial charge is 0.0328 e. The van der Waals surface area contributed by atoms with Crippen molar-refractivity contribution in [2.24, 2.45) is 0 Å². The molecule has 0 saturated carbocycles. The second-order valence-electron chi connectivity index (χ2n) is 3.39. The van der Waals surface area contributed by atoms with Gasteiger partial charge in [-0.2, -0.15) is 0 Å². The zero-order valence-corrected chi connectivity index (χ0v) is 8.31. The lowest BCUT2D eigenvalue weighted by atomic mass is 10.1. The Morgan fingerprint density at radius 2 is 1.47 bits per heavy atom. The van der Waals surface area contributed by atoms with Gasteiger partial charge in [-0.15, -0.1) is 0 Å². The topological polar surface area (TPSA) is 23.1 Å². The van der Waals surface area contributed by atoms with E-state index in [1.165, 1.54) is 0 Å². The third-order valence-corrected chi connectivity index (χ3v) is 2.25. The molecule has 0 aromatic heterocycles. The molecular formula is C14H11O-. The zero-order chi connectivity index (χ0) is 10.7. The van der Waals surface area contributed by atoms with Gasteiger partial charge in [0.15, 0.2) is 0 Å². The van der Waals surface area contributed by atoms with E-state index in [4.69, 9.17) is 0 Å². The molecule has 0 atom stereocenters. The summed E-state index contributed by atoms with van der Waals surface area (Å²) in [7, 11) is 0. The maximum Gasteiger partial charge on any atom is -0.0328 e. The van der Waals surface area contributed by atoms with Crippen LogP contribution >= 0.6 is 0 Å². The summed E-state index contributed by atoms with van der Waals surface area (Å²) in [5.74, 6) is 0.0515. The molecule has 0 spiro atoms. The molecule has 0 N–H and O–H groups in total. The van der Waals surface area contributed by atoms with E-state index in [0.29, 0.717) is 10.8 Å². The number of benzene rings is 2. The van der Waals surface area contributed by atoms with Gasteiger partial charge in [0.05, 0.1) is 0 Å². The van der Waals surface area contributed by atoms with Gasteiger partial charge in [0.25, 0.3) is 0 Å². The first-order valence-corrected chi connectivity index (χ1v) is 4.79. The summed E-state index contributed by atoms with van der Waals surface area (Å²) in [5.41, 5.74) is 0.717. The van der Waals surface area contributed by atoms with Crippen molar-refractivity contribution in [3.63, 3.8) is 0 Å². The van der Waals surface area contributed by atoms with Gasteiger partial charge in [-0.3, -0.25) is 0 Å². The van der Waals surface area contributed by atoms with Gasteiger partial charge >= 0.3 is 0 Å². The molecule has 2 aromatic rings. The number of rotatable bonds is 1. The summed E-state index contributed by atoms with van der Waals surface area (Å²) >= 11 is 0. The Hall–Kier alpha value is -2.02. The number of hydrogen-bond donors (Lipinski definition) is 0. The van der Waals surface area contributed by atoms with Crippen molar-refractivity contribution in [3.05, 3.63) is 70.6 Å². The molecule has 0 unspecified atom stereocenters. The minimum Gasteiger partial charge on any atom is -0.872 e. The van der Waals surface area contributed by atoms with Gasteiger partial charge < -0.3 is 5.11 Å². The van der Waals surface area contributed by atoms with Crippen LogP contribution in [0.1, 0.15) is 5.56 Å². The van der Waals surface area contributed by atoms with Gasteiger partial charge in [-0.1, -0.05) is 66.9 Å². The molecule has 0 amide bonds. The van der Waals surface area contributed by atoms with Gasteiger partial charge in [0.2, 0.25) is 0 Å². The lowest BCUT2D eigenvalue weighted by Gasteiger charge is -2.11. The maximum absolute atomic E-state index is 11.9. The van der Waals surface area contributed by atoms with Crippen LogP contribution in [0, 0.1) is 0 Å². The average Bonchev–Trinajstić information content (AvgIpc) is 2.30. The summed E-state index contributed by atoms with van der Waals surface area (Å²) in [6.45, 7) is 3.78. The predicted octanol–water partition coefficient (Wildman–Crippen LogP) is 0.614. The molecule has 2 rings (SSSR count). The quantitative estimate of drug-likeness (QED) is 0.654. The molecule has 1 nitrogen and oxygen atoms in total. The van der Waals surface area contributed by atoms with E-state index in [0.717, 1.165) is 5.22 Å². The van der Waals surface area contributed by atoms with E-state index in [-0.39, 0.29) is 5.76 Å². The minimum atomic E-state index is 0.0515. The molecule has 74 valence electrons. The van der Waals surface area contributed by atoms with Gasteiger partial charge in [-0.05, 0) is 16.0 Å². The Kier molecular flexibility index (Phi) is 2.55. The summed E-state index contributed by atoms with van der Waals surface area (Å²) in [6.07, 6.45) is 0. The van der Waals surface area contributed by atoms with Crippen molar-refractivity contribution >= 4 is 12.3 Å². The van der Waals surface area contributed by atoms with E-state index in [1.54, 1.807) is 12.1 Å². The molecule has 1 heteroatoms.